The van der Waals surface area contributed by atoms with Gasteiger partial charge >= 0.3 is 0 Å². The van der Waals surface area contributed by atoms with Crippen LogP contribution in [0.4, 0.5) is 0 Å². The summed E-state index contributed by atoms with van der Waals surface area (Å²) < 4.78 is 0. The smallest absolute Gasteiger partial charge is 0.0922 e. The molecule has 0 saturated heterocycles. The van der Waals surface area contributed by atoms with Gasteiger partial charge in [-0.15, -0.1) is 0 Å². The number of aliphatic hydroxyl groups is 1. The molecule has 2 unspecified atom stereocenters. The molecule has 100 valence electrons. The molecule has 1 aliphatic carbocycles. The van der Waals surface area contributed by atoms with E-state index in [0.29, 0.717) is 15.5 Å². The number of benzene rings is 1. The van der Waals surface area contributed by atoms with E-state index in [0.717, 1.165) is 24.8 Å². The van der Waals surface area contributed by atoms with Gasteiger partial charge < -0.3 is 5.11 Å². The third kappa shape index (κ3) is 2.54. The predicted octanol–water partition coefficient (Wildman–Crippen LogP) is 5.03. The van der Waals surface area contributed by atoms with Gasteiger partial charge in [0.15, 0.2) is 0 Å². The maximum atomic E-state index is 11.0. The Kier molecular flexibility index (Phi) is 3.70. The van der Waals surface area contributed by atoms with Gasteiger partial charge in [0.05, 0.1) is 15.6 Å². The van der Waals surface area contributed by atoms with Crippen molar-refractivity contribution >= 4 is 23.2 Å². The van der Waals surface area contributed by atoms with Crippen molar-refractivity contribution in [2.75, 3.05) is 0 Å². The first-order valence-corrected chi connectivity index (χ1v) is 7.18. The van der Waals surface area contributed by atoms with Gasteiger partial charge in [-0.3, -0.25) is 0 Å². The van der Waals surface area contributed by atoms with Crippen LogP contribution in [0, 0.1) is 11.3 Å². The van der Waals surface area contributed by atoms with Crippen LogP contribution in [-0.4, -0.2) is 5.11 Å². The molecule has 1 fully saturated rings. The van der Waals surface area contributed by atoms with Crippen molar-refractivity contribution < 1.29 is 5.11 Å². The summed E-state index contributed by atoms with van der Waals surface area (Å²) in [4.78, 5) is 0. The number of rotatable bonds is 1. The zero-order valence-corrected chi connectivity index (χ0v) is 12.6. The molecule has 1 saturated carbocycles. The summed E-state index contributed by atoms with van der Waals surface area (Å²) in [6.45, 7) is 6.64. The topological polar surface area (TPSA) is 20.2 Å². The van der Waals surface area contributed by atoms with Crippen molar-refractivity contribution in [3.8, 4) is 0 Å². The maximum absolute atomic E-state index is 11.0. The van der Waals surface area contributed by atoms with Crippen molar-refractivity contribution in [1.29, 1.82) is 0 Å². The molecular formula is C15H20Cl2O. The summed E-state index contributed by atoms with van der Waals surface area (Å²) in [6.07, 6.45) is 2.82. The van der Waals surface area contributed by atoms with Gasteiger partial charge in [0.25, 0.3) is 0 Å². The summed E-state index contributed by atoms with van der Waals surface area (Å²) in [6, 6.07) is 5.46. The minimum absolute atomic E-state index is 0.221. The minimum Gasteiger partial charge on any atom is -0.385 e. The van der Waals surface area contributed by atoms with Gasteiger partial charge in [0.1, 0.15) is 0 Å². The molecule has 1 aromatic rings. The molecule has 1 N–H and O–H groups in total. The van der Waals surface area contributed by atoms with Crippen LogP contribution < -0.4 is 0 Å². The number of halogens is 2. The highest BCUT2D eigenvalue weighted by atomic mass is 35.5. The zero-order valence-electron chi connectivity index (χ0n) is 11.1. The Morgan fingerprint density at radius 2 is 1.83 bits per heavy atom. The van der Waals surface area contributed by atoms with E-state index in [1.807, 2.05) is 6.07 Å². The van der Waals surface area contributed by atoms with E-state index in [2.05, 4.69) is 20.8 Å². The van der Waals surface area contributed by atoms with Crippen LogP contribution in [0.1, 0.15) is 45.6 Å². The van der Waals surface area contributed by atoms with Crippen LogP contribution in [0.2, 0.25) is 10.0 Å². The molecule has 1 aliphatic rings. The first-order valence-electron chi connectivity index (χ1n) is 6.42. The lowest BCUT2D eigenvalue weighted by molar-refractivity contribution is -0.0769. The molecule has 2 rings (SSSR count). The monoisotopic (exact) mass is 286 g/mol. The summed E-state index contributed by atoms with van der Waals surface area (Å²) >= 11 is 12.0. The Balaban J connectivity index is 2.34. The molecule has 18 heavy (non-hydrogen) atoms. The molecular weight excluding hydrogens is 267 g/mol. The highest BCUT2D eigenvalue weighted by Crippen LogP contribution is 2.49. The van der Waals surface area contributed by atoms with E-state index in [4.69, 9.17) is 23.2 Å². The Morgan fingerprint density at radius 3 is 2.39 bits per heavy atom. The van der Waals surface area contributed by atoms with E-state index in [9.17, 15) is 5.11 Å². The second kappa shape index (κ2) is 4.70. The van der Waals surface area contributed by atoms with E-state index >= 15 is 0 Å². The molecule has 0 heterocycles. The molecule has 0 spiro atoms. The van der Waals surface area contributed by atoms with E-state index in [-0.39, 0.29) is 5.92 Å². The third-order valence-corrected chi connectivity index (χ3v) is 5.02. The summed E-state index contributed by atoms with van der Waals surface area (Å²) in [5.74, 6) is 0.221. The fourth-order valence-electron chi connectivity index (χ4n) is 3.07. The molecule has 0 aliphatic heterocycles. The average Bonchev–Trinajstić information content (AvgIpc) is 2.27. The van der Waals surface area contributed by atoms with Crippen LogP contribution >= 0.6 is 23.2 Å². The molecule has 2 atom stereocenters. The lowest BCUT2D eigenvalue weighted by Gasteiger charge is -2.45. The highest BCUT2D eigenvalue weighted by Gasteiger charge is 2.43. The summed E-state index contributed by atoms with van der Waals surface area (Å²) in [5.41, 5.74) is 0.422. The van der Waals surface area contributed by atoms with Gasteiger partial charge in [-0.2, -0.15) is 0 Å². The normalized spacial score (nSPS) is 31.3. The molecule has 0 bridgehead atoms. The van der Waals surface area contributed by atoms with Crippen molar-refractivity contribution in [2.45, 2.75) is 45.6 Å². The second-order valence-corrected chi connectivity index (χ2v) is 7.14. The van der Waals surface area contributed by atoms with Crippen molar-refractivity contribution in [2.24, 2.45) is 11.3 Å². The van der Waals surface area contributed by atoms with Crippen LogP contribution in [0.5, 0.6) is 0 Å². The predicted molar refractivity (Wildman–Crippen MR) is 77.2 cm³/mol. The first kappa shape index (κ1) is 14.2. The third-order valence-electron chi connectivity index (χ3n) is 4.28. The molecule has 1 nitrogen and oxygen atoms in total. The standard InChI is InChI=1S/C15H20Cl2O/c1-10-9-14(2,3)6-7-15(10,18)11-4-5-12(16)13(17)8-11/h4-5,8,10,18H,6-7,9H2,1-3H3. The quantitative estimate of drug-likeness (QED) is 0.768. The van der Waals surface area contributed by atoms with Gasteiger partial charge in [0.2, 0.25) is 0 Å². The molecule has 0 amide bonds. The average molecular weight is 287 g/mol. The van der Waals surface area contributed by atoms with Gasteiger partial charge in [-0.1, -0.05) is 50.0 Å². The largest absolute Gasteiger partial charge is 0.385 e. The summed E-state index contributed by atoms with van der Waals surface area (Å²) in [5, 5.41) is 12.0. The van der Waals surface area contributed by atoms with Gasteiger partial charge in [-0.25, -0.2) is 0 Å². The van der Waals surface area contributed by atoms with Crippen LogP contribution in [-0.2, 0) is 5.60 Å². The summed E-state index contributed by atoms with van der Waals surface area (Å²) in [7, 11) is 0. The van der Waals surface area contributed by atoms with Crippen molar-refractivity contribution in [1.82, 2.24) is 0 Å². The lowest BCUT2D eigenvalue weighted by atomic mass is 9.63. The van der Waals surface area contributed by atoms with E-state index in [1.165, 1.54) is 0 Å². The van der Waals surface area contributed by atoms with Gasteiger partial charge in [0, 0.05) is 0 Å². The zero-order chi connectivity index (χ0) is 13.6. The molecule has 0 radical (unpaired) electrons. The Hall–Kier alpha value is -0.240. The fourth-order valence-corrected chi connectivity index (χ4v) is 3.37. The minimum atomic E-state index is -0.774. The Labute approximate surface area is 119 Å². The van der Waals surface area contributed by atoms with Crippen molar-refractivity contribution in [3.63, 3.8) is 0 Å². The lowest BCUT2D eigenvalue weighted by Crippen LogP contribution is -2.41. The number of hydrogen-bond donors (Lipinski definition) is 1. The maximum Gasteiger partial charge on any atom is 0.0922 e. The highest BCUT2D eigenvalue weighted by molar-refractivity contribution is 6.42. The SMILES string of the molecule is CC1CC(C)(C)CCC1(O)c1ccc(Cl)c(Cl)c1. The van der Waals surface area contributed by atoms with Crippen LogP contribution in [0.3, 0.4) is 0 Å². The van der Waals surface area contributed by atoms with Crippen LogP contribution in [0.15, 0.2) is 18.2 Å². The van der Waals surface area contributed by atoms with Crippen molar-refractivity contribution in [3.05, 3.63) is 33.8 Å². The van der Waals surface area contributed by atoms with E-state index < -0.39 is 5.60 Å². The second-order valence-electron chi connectivity index (χ2n) is 6.32. The van der Waals surface area contributed by atoms with Crippen LogP contribution in [0.25, 0.3) is 0 Å². The van der Waals surface area contributed by atoms with E-state index in [1.54, 1.807) is 12.1 Å². The van der Waals surface area contributed by atoms with Gasteiger partial charge in [-0.05, 0) is 48.3 Å². The molecule has 3 heteroatoms. The first-order chi connectivity index (χ1) is 8.24. The fraction of sp³-hybridized carbons (Fsp3) is 0.600. The Morgan fingerprint density at radius 1 is 1.17 bits per heavy atom. The Bertz CT molecular complexity index is 456. The molecule has 1 aromatic carbocycles. The number of hydrogen-bond acceptors (Lipinski definition) is 1. The molecule has 0 aromatic heterocycles.